The summed E-state index contributed by atoms with van der Waals surface area (Å²) in [6, 6.07) is 9.06. The molecule has 1 unspecified atom stereocenters. The van der Waals surface area contributed by atoms with Crippen LogP contribution in [0.5, 0.6) is 0 Å². The number of H-pyrrole nitrogens is 1. The Morgan fingerprint density at radius 2 is 2.26 bits per heavy atom. The van der Waals surface area contributed by atoms with Gasteiger partial charge in [-0.05, 0) is 48.8 Å². The molecule has 5 heteroatoms. The first kappa shape index (κ1) is 12.6. The Bertz CT molecular complexity index is 755. The minimum Gasteiger partial charge on any atom is -0.331 e. The van der Waals surface area contributed by atoms with Crippen LogP contribution in [0, 0.1) is 10.6 Å². The second kappa shape index (κ2) is 4.90. The topological polar surface area (TPSA) is 20.7 Å². The van der Waals surface area contributed by atoms with Gasteiger partial charge in [-0.3, -0.25) is 0 Å². The molecule has 0 radical (unpaired) electrons. The number of aromatic amines is 1. The summed E-state index contributed by atoms with van der Waals surface area (Å²) in [7, 11) is 0. The van der Waals surface area contributed by atoms with Crippen molar-refractivity contribution in [2.45, 2.75) is 19.4 Å². The predicted molar refractivity (Wildman–Crippen MR) is 79.8 cm³/mol. The smallest absolute Gasteiger partial charge is 0.178 e. The van der Waals surface area contributed by atoms with Gasteiger partial charge in [0.05, 0.1) is 11.0 Å². The van der Waals surface area contributed by atoms with Crippen molar-refractivity contribution >= 4 is 34.6 Å². The lowest BCUT2D eigenvalue weighted by Gasteiger charge is -2.13. The van der Waals surface area contributed by atoms with Crippen LogP contribution in [-0.2, 0) is 6.42 Å². The van der Waals surface area contributed by atoms with Crippen molar-refractivity contribution in [1.82, 2.24) is 9.55 Å². The van der Waals surface area contributed by atoms with Crippen molar-refractivity contribution in [3.05, 3.63) is 51.2 Å². The lowest BCUT2D eigenvalue weighted by atomic mass is 10.2. The van der Waals surface area contributed by atoms with Gasteiger partial charge in [0.25, 0.3) is 0 Å². The number of halogens is 1. The Kier molecular flexibility index (Phi) is 3.24. The van der Waals surface area contributed by atoms with Crippen LogP contribution in [0.25, 0.3) is 11.0 Å². The average molecular weight is 292 g/mol. The van der Waals surface area contributed by atoms with Crippen molar-refractivity contribution in [3.63, 3.8) is 0 Å². The number of nitrogens with zero attached hydrogens (tertiary/aromatic N) is 1. The molecule has 0 aliphatic heterocycles. The highest BCUT2D eigenvalue weighted by Gasteiger charge is 2.12. The van der Waals surface area contributed by atoms with Gasteiger partial charge in [-0.1, -0.05) is 6.07 Å². The van der Waals surface area contributed by atoms with E-state index >= 15 is 0 Å². The van der Waals surface area contributed by atoms with E-state index in [2.05, 4.69) is 23.4 Å². The van der Waals surface area contributed by atoms with Crippen molar-refractivity contribution < 1.29 is 4.39 Å². The van der Waals surface area contributed by atoms with Gasteiger partial charge in [0.2, 0.25) is 0 Å². The highest BCUT2D eigenvalue weighted by Crippen LogP contribution is 2.24. The highest BCUT2D eigenvalue weighted by molar-refractivity contribution is 7.71. The second-order valence-electron chi connectivity index (χ2n) is 4.59. The molecule has 0 aliphatic carbocycles. The fourth-order valence-electron chi connectivity index (χ4n) is 2.34. The summed E-state index contributed by atoms with van der Waals surface area (Å²) >= 11 is 7.09. The fraction of sp³-hybridized carbons (Fsp3) is 0.214. The van der Waals surface area contributed by atoms with Crippen LogP contribution in [-0.4, -0.2) is 9.55 Å². The van der Waals surface area contributed by atoms with E-state index in [0.29, 0.717) is 4.77 Å². The number of rotatable bonds is 3. The van der Waals surface area contributed by atoms with Crippen LogP contribution < -0.4 is 0 Å². The summed E-state index contributed by atoms with van der Waals surface area (Å²) in [6.07, 6.45) is 0.898. The molecular weight excluding hydrogens is 279 g/mol. The van der Waals surface area contributed by atoms with Gasteiger partial charge in [0.15, 0.2) is 4.77 Å². The molecule has 1 N–H and O–H groups in total. The van der Waals surface area contributed by atoms with Crippen molar-refractivity contribution in [2.75, 3.05) is 0 Å². The van der Waals surface area contributed by atoms with Gasteiger partial charge in [0, 0.05) is 17.3 Å². The number of hydrogen-bond donors (Lipinski definition) is 1. The minimum atomic E-state index is -0.237. The highest BCUT2D eigenvalue weighted by atomic mass is 32.1. The van der Waals surface area contributed by atoms with E-state index in [1.165, 1.54) is 17.0 Å². The van der Waals surface area contributed by atoms with E-state index in [1.54, 1.807) is 17.4 Å². The number of thiophene rings is 1. The molecule has 1 aromatic carbocycles. The zero-order chi connectivity index (χ0) is 13.4. The molecule has 0 saturated heterocycles. The summed E-state index contributed by atoms with van der Waals surface area (Å²) in [4.78, 5) is 4.43. The van der Waals surface area contributed by atoms with Crippen LogP contribution >= 0.6 is 23.6 Å². The summed E-state index contributed by atoms with van der Waals surface area (Å²) in [5.74, 6) is -0.237. The molecule has 0 spiro atoms. The zero-order valence-electron chi connectivity index (χ0n) is 10.4. The third-order valence-corrected chi connectivity index (χ3v) is 4.39. The van der Waals surface area contributed by atoms with Gasteiger partial charge in [-0.25, -0.2) is 4.39 Å². The Balaban J connectivity index is 2.06. The lowest BCUT2D eigenvalue weighted by Crippen LogP contribution is -2.07. The largest absolute Gasteiger partial charge is 0.331 e. The lowest BCUT2D eigenvalue weighted by molar-refractivity contribution is 0.555. The van der Waals surface area contributed by atoms with Crippen LogP contribution in [0.1, 0.15) is 17.8 Å². The maximum absolute atomic E-state index is 13.4. The van der Waals surface area contributed by atoms with Gasteiger partial charge in [0.1, 0.15) is 5.82 Å². The Morgan fingerprint density at radius 3 is 3.00 bits per heavy atom. The van der Waals surface area contributed by atoms with E-state index in [1.807, 2.05) is 10.6 Å². The van der Waals surface area contributed by atoms with Crippen LogP contribution in [0.15, 0.2) is 35.7 Å². The van der Waals surface area contributed by atoms with Crippen molar-refractivity contribution in [2.24, 2.45) is 0 Å². The molecule has 2 nitrogen and oxygen atoms in total. The van der Waals surface area contributed by atoms with Gasteiger partial charge in [-0.15, -0.1) is 11.3 Å². The van der Waals surface area contributed by atoms with E-state index in [-0.39, 0.29) is 11.9 Å². The molecular formula is C14H13FN2S2. The molecule has 3 rings (SSSR count). The number of aromatic nitrogens is 2. The summed E-state index contributed by atoms with van der Waals surface area (Å²) in [5.41, 5.74) is 1.71. The summed E-state index contributed by atoms with van der Waals surface area (Å²) < 4.78 is 16.0. The molecule has 19 heavy (non-hydrogen) atoms. The van der Waals surface area contributed by atoms with Gasteiger partial charge in [-0.2, -0.15) is 0 Å². The van der Waals surface area contributed by atoms with E-state index < -0.39 is 0 Å². The fourth-order valence-corrected chi connectivity index (χ4v) is 3.56. The number of imidazole rings is 1. The Morgan fingerprint density at radius 1 is 1.42 bits per heavy atom. The summed E-state index contributed by atoms with van der Waals surface area (Å²) in [5, 5.41) is 2.07. The first-order chi connectivity index (χ1) is 9.15. The number of benzene rings is 1. The molecule has 3 aromatic rings. The molecule has 0 fully saturated rings. The maximum Gasteiger partial charge on any atom is 0.178 e. The first-order valence-corrected chi connectivity index (χ1v) is 7.36. The second-order valence-corrected chi connectivity index (χ2v) is 6.01. The third kappa shape index (κ3) is 2.35. The molecule has 0 saturated carbocycles. The first-order valence-electron chi connectivity index (χ1n) is 6.07. The van der Waals surface area contributed by atoms with E-state index in [9.17, 15) is 4.39 Å². The van der Waals surface area contributed by atoms with Crippen LogP contribution in [0.3, 0.4) is 0 Å². The van der Waals surface area contributed by atoms with Gasteiger partial charge >= 0.3 is 0 Å². The predicted octanol–water partition coefficient (Wildman–Crippen LogP) is 4.70. The maximum atomic E-state index is 13.4. The number of hydrogen-bond acceptors (Lipinski definition) is 2. The molecule has 98 valence electrons. The van der Waals surface area contributed by atoms with Crippen molar-refractivity contribution in [1.29, 1.82) is 0 Å². The third-order valence-electron chi connectivity index (χ3n) is 3.20. The van der Waals surface area contributed by atoms with E-state index in [4.69, 9.17) is 12.2 Å². The Hall–Kier alpha value is -1.46. The molecule has 1 atom stereocenters. The molecule has 0 aliphatic rings. The minimum absolute atomic E-state index is 0.196. The monoisotopic (exact) mass is 292 g/mol. The van der Waals surface area contributed by atoms with E-state index in [0.717, 1.165) is 17.5 Å². The quantitative estimate of drug-likeness (QED) is 0.694. The zero-order valence-corrected chi connectivity index (χ0v) is 12.0. The van der Waals surface area contributed by atoms with Crippen LogP contribution in [0.4, 0.5) is 4.39 Å². The molecule has 2 heterocycles. The normalized spacial score (nSPS) is 12.9. The van der Waals surface area contributed by atoms with Crippen molar-refractivity contribution in [3.8, 4) is 0 Å². The average Bonchev–Trinajstić information content (AvgIpc) is 2.95. The molecule has 2 aromatic heterocycles. The Labute approximate surface area is 119 Å². The molecule has 0 bridgehead atoms. The number of nitrogens with one attached hydrogen (secondary N) is 1. The SMILES string of the molecule is CC(Cc1cccs1)n1c(=S)[nH]c2ccc(F)cc21. The molecule has 0 amide bonds. The van der Waals surface area contributed by atoms with Gasteiger partial charge < -0.3 is 9.55 Å². The standard InChI is InChI=1S/C14H13FN2S2/c1-9(7-11-3-2-6-19-11)17-13-8-10(15)4-5-12(13)16-14(17)18/h2-6,8-9H,7H2,1H3,(H,16,18). The number of fused-ring (bicyclic) bond motifs is 1. The summed E-state index contributed by atoms with van der Waals surface area (Å²) in [6.45, 7) is 2.10. The van der Waals surface area contributed by atoms with Crippen LogP contribution in [0.2, 0.25) is 0 Å².